The SMILES string of the molecule is CCOC(=O)C1CCCN(NC(=O)C2(c3ccccc3)CCN(CCC(CN(C)C(=O)c3ccccc3)c3ccc(Cl)c(Cl)c3)CC2)C1. The summed E-state index contributed by atoms with van der Waals surface area (Å²) >= 11 is 12.7. The van der Waals surface area contributed by atoms with E-state index < -0.39 is 5.41 Å². The van der Waals surface area contributed by atoms with Gasteiger partial charge in [-0.3, -0.25) is 19.8 Å². The maximum absolute atomic E-state index is 14.2. The Morgan fingerprint density at radius 3 is 2.31 bits per heavy atom. The molecule has 0 radical (unpaired) electrons. The Bertz CT molecular complexity index is 1530. The second kappa shape index (κ2) is 16.8. The predicted molar refractivity (Wildman–Crippen MR) is 190 cm³/mol. The summed E-state index contributed by atoms with van der Waals surface area (Å²) in [7, 11) is 1.84. The van der Waals surface area contributed by atoms with Gasteiger partial charge in [0.2, 0.25) is 5.91 Å². The lowest BCUT2D eigenvalue weighted by atomic mass is 9.72. The van der Waals surface area contributed by atoms with Gasteiger partial charge in [-0.15, -0.1) is 0 Å². The van der Waals surface area contributed by atoms with E-state index >= 15 is 0 Å². The van der Waals surface area contributed by atoms with Crippen LogP contribution in [0.5, 0.6) is 0 Å². The Morgan fingerprint density at radius 1 is 0.958 bits per heavy atom. The number of halogens is 2. The molecule has 256 valence electrons. The first-order chi connectivity index (χ1) is 23.2. The molecule has 0 spiro atoms. The molecule has 3 aromatic carbocycles. The molecule has 0 bridgehead atoms. The summed E-state index contributed by atoms with van der Waals surface area (Å²) in [5.41, 5.74) is 5.22. The summed E-state index contributed by atoms with van der Waals surface area (Å²) in [6.07, 6.45) is 3.73. The molecule has 2 amide bonds. The summed E-state index contributed by atoms with van der Waals surface area (Å²) in [6.45, 7) is 6.16. The van der Waals surface area contributed by atoms with Crippen molar-refractivity contribution in [2.45, 2.75) is 50.4 Å². The highest BCUT2D eigenvalue weighted by atomic mass is 35.5. The average molecular weight is 694 g/mol. The molecule has 0 aliphatic carbocycles. The van der Waals surface area contributed by atoms with Crippen LogP contribution in [0.15, 0.2) is 78.9 Å². The standard InChI is InChI=1S/C38H46Cl2N4O4/c1-3-48-36(46)31-13-10-21-44(27-31)41-37(47)38(32-14-8-5-9-15-32)19-23-43(24-20-38)22-18-30(29-16-17-33(39)34(40)25-29)26-42(2)35(45)28-11-6-4-7-12-28/h4-9,11-12,14-17,25,30-31H,3,10,13,18-24,26-27H2,1-2H3,(H,41,47). The van der Waals surface area contributed by atoms with Crippen LogP contribution in [-0.4, -0.2) is 85.5 Å². The molecule has 2 aliphatic heterocycles. The zero-order chi connectivity index (χ0) is 34.1. The van der Waals surface area contributed by atoms with Crippen molar-refractivity contribution in [1.29, 1.82) is 0 Å². The first kappa shape index (κ1) is 35.9. The van der Waals surface area contributed by atoms with E-state index in [0.29, 0.717) is 54.7 Å². The number of ether oxygens (including phenoxy) is 1. The van der Waals surface area contributed by atoms with Gasteiger partial charge in [0.05, 0.1) is 28.0 Å². The quantitative estimate of drug-likeness (QED) is 0.216. The molecule has 2 fully saturated rings. The largest absolute Gasteiger partial charge is 0.466 e. The van der Waals surface area contributed by atoms with Crippen molar-refractivity contribution >= 4 is 41.0 Å². The van der Waals surface area contributed by atoms with Crippen molar-refractivity contribution < 1.29 is 19.1 Å². The number of nitrogens with zero attached hydrogens (tertiary/aromatic N) is 3. The third-order valence-electron chi connectivity index (χ3n) is 9.84. The number of hydrogen-bond donors (Lipinski definition) is 1. The summed E-state index contributed by atoms with van der Waals surface area (Å²) in [5, 5.41) is 2.90. The van der Waals surface area contributed by atoms with Crippen LogP contribution in [0.1, 0.15) is 66.4 Å². The first-order valence-corrected chi connectivity index (χ1v) is 17.7. The Morgan fingerprint density at radius 2 is 1.65 bits per heavy atom. The second-order valence-electron chi connectivity index (χ2n) is 13.0. The van der Waals surface area contributed by atoms with E-state index in [-0.39, 0.29) is 29.6 Å². The third kappa shape index (κ3) is 8.77. The summed E-state index contributed by atoms with van der Waals surface area (Å²) in [6, 6.07) is 25.1. The van der Waals surface area contributed by atoms with Crippen LogP contribution in [0.4, 0.5) is 0 Å². The normalized spacial score (nSPS) is 18.9. The molecule has 2 unspecified atom stereocenters. The predicted octanol–water partition coefficient (Wildman–Crippen LogP) is 6.58. The van der Waals surface area contributed by atoms with Crippen molar-refractivity contribution in [3.8, 4) is 0 Å². The Kier molecular flexibility index (Phi) is 12.5. The van der Waals surface area contributed by atoms with Gasteiger partial charge < -0.3 is 14.5 Å². The van der Waals surface area contributed by atoms with Gasteiger partial charge in [-0.25, -0.2) is 5.01 Å². The number of piperidine rings is 2. The number of benzene rings is 3. The van der Waals surface area contributed by atoms with Crippen molar-refractivity contribution in [3.05, 3.63) is 106 Å². The van der Waals surface area contributed by atoms with E-state index in [1.54, 1.807) is 4.90 Å². The average Bonchev–Trinajstić information content (AvgIpc) is 3.12. The van der Waals surface area contributed by atoms with Gasteiger partial charge in [-0.05, 0) is 94.1 Å². The minimum atomic E-state index is -0.680. The molecule has 10 heteroatoms. The van der Waals surface area contributed by atoms with Crippen LogP contribution in [0.3, 0.4) is 0 Å². The van der Waals surface area contributed by atoms with Gasteiger partial charge in [-0.1, -0.05) is 77.8 Å². The minimum absolute atomic E-state index is 0.0207. The molecule has 5 rings (SSSR count). The Balaban J connectivity index is 1.26. The molecule has 2 atom stereocenters. The molecule has 2 saturated heterocycles. The molecule has 1 N–H and O–H groups in total. The van der Waals surface area contributed by atoms with Gasteiger partial charge in [0.25, 0.3) is 5.91 Å². The molecule has 0 aromatic heterocycles. The van der Waals surface area contributed by atoms with E-state index in [0.717, 1.165) is 50.0 Å². The lowest BCUT2D eigenvalue weighted by molar-refractivity contribution is -0.152. The number of likely N-dealkylation sites (tertiary alicyclic amines) is 1. The van der Waals surface area contributed by atoms with Crippen LogP contribution < -0.4 is 5.43 Å². The van der Waals surface area contributed by atoms with Gasteiger partial charge in [0.15, 0.2) is 0 Å². The zero-order valence-electron chi connectivity index (χ0n) is 27.9. The van der Waals surface area contributed by atoms with Crippen molar-refractivity contribution in [1.82, 2.24) is 20.2 Å². The van der Waals surface area contributed by atoms with E-state index in [4.69, 9.17) is 27.9 Å². The van der Waals surface area contributed by atoms with Crippen LogP contribution in [0.25, 0.3) is 0 Å². The third-order valence-corrected chi connectivity index (χ3v) is 10.6. The van der Waals surface area contributed by atoms with Crippen molar-refractivity contribution in [2.24, 2.45) is 5.92 Å². The number of hydrogen-bond acceptors (Lipinski definition) is 6. The molecule has 3 aromatic rings. The molecule has 48 heavy (non-hydrogen) atoms. The number of nitrogens with one attached hydrogen (secondary N) is 1. The van der Waals surface area contributed by atoms with Gasteiger partial charge >= 0.3 is 5.97 Å². The fourth-order valence-electron chi connectivity index (χ4n) is 7.03. The van der Waals surface area contributed by atoms with Crippen molar-refractivity contribution in [2.75, 3.05) is 52.9 Å². The minimum Gasteiger partial charge on any atom is -0.466 e. The summed E-state index contributed by atoms with van der Waals surface area (Å²) < 4.78 is 5.27. The number of esters is 1. The van der Waals surface area contributed by atoms with Crippen LogP contribution in [0.2, 0.25) is 10.0 Å². The number of carbonyl (C=O) groups excluding carboxylic acids is 3. The topological polar surface area (TPSA) is 82.2 Å². The number of amides is 2. The second-order valence-corrected chi connectivity index (χ2v) is 13.8. The van der Waals surface area contributed by atoms with Gasteiger partial charge in [0.1, 0.15) is 0 Å². The number of likely N-dealkylation sites (N-methyl/N-ethyl adjacent to an activating group) is 1. The monoisotopic (exact) mass is 692 g/mol. The zero-order valence-corrected chi connectivity index (χ0v) is 29.4. The number of hydrazine groups is 1. The fraction of sp³-hybridized carbons (Fsp3) is 0.447. The molecule has 2 heterocycles. The maximum Gasteiger partial charge on any atom is 0.310 e. The molecule has 8 nitrogen and oxygen atoms in total. The smallest absolute Gasteiger partial charge is 0.310 e. The Hall–Kier alpha value is -3.43. The van der Waals surface area contributed by atoms with E-state index in [1.807, 2.05) is 97.8 Å². The molecular weight excluding hydrogens is 647 g/mol. The lowest BCUT2D eigenvalue weighted by Crippen LogP contribution is -2.57. The lowest BCUT2D eigenvalue weighted by Gasteiger charge is -2.43. The first-order valence-electron chi connectivity index (χ1n) is 17.0. The van der Waals surface area contributed by atoms with Gasteiger partial charge in [0, 0.05) is 38.2 Å². The van der Waals surface area contributed by atoms with Crippen LogP contribution >= 0.6 is 23.2 Å². The molecule has 0 saturated carbocycles. The van der Waals surface area contributed by atoms with Crippen LogP contribution in [-0.2, 0) is 19.7 Å². The van der Waals surface area contributed by atoms with E-state index in [9.17, 15) is 14.4 Å². The van der Waals surface area contributed by atoms with Crippen LogP contribution in [0, 0.1) is 5.92 Å². The van der Waals surface area contributed by atoms with E-state index in [2.05, 4.69) is 10.3 Å². The molecule has 2 aliphatic rings. The van der Waals surface area contributed by atoms with Crippen molar-refractivity contribution in [3.63, 3.8) is 0 Å². The maximum atomic E-state index is 14.2. The highest BCUT2D eigenvalue weighted by molar-refractivity contribution is 6.42. The van der Waals surface area contributed by atoms with E-state index in [1.165, 1.54) is 0 Å². The highest BCUT2D eigenvalue weighted by Gasteiger charge is 2.44. The number of rotatable bonds is 12. The fourth-order valence-corrected chi connectivity index (χ4v) is 7.33. The summed E-state index contributed by atoms with van der Waals surface area (Å²) in [4.78, 5) is 44.0. The van der Waals surface area contributed by atoms with Gasteiger partial charge in [-0.2, -0.15) is 0 Å². The summed E-state index contributed by atoms with van der Waals surface area (Å²) in [5.74, 6) is -0.448. The highest BCUT2D eigenvalue weighted by Crippen LogP contribution is 2.37. The number of carbonyl (C=O) groups is 3. The molecular formula is C38H46Cl2N4O4. The Labute approximate surface area is 294 Å².